The van der Waals surface area contributed by atoms with Crippen LogP contribution in [-0.2, 0) is 9.59 Å². The summed E-state index contributed by atoms with van der Waals surface area (Å²) < 4.78 is 0. The topological polar surface area (TPSA) is 90.5 Å². The number of hydrogen-bond acceptors (Lipinski definition) is 4. The highest BCUT2D eigenvalue weighted by Crippen LogP contribution is 2.24. The fraction of sp³-hybridized carbons (Fsp3) is 0.471. The normalized spacial score (nSPS) is 21.4. The maximum Gasteiger partial charge on any atom is 0.322 e. The van der Waals surface area contributed by atoms with E-state index in [0.717, 1.165) is 24.7 Å². The highest BCUT2D eigenvalue weighted by atomic mass is 16.2. The molecule has 2 heterocycles. The van der Waals surface area contributed by atoms with Crippen LogP contribution in [0.5, 0.6) is 0 Å². The van der Waals surface area contributed by atoms with Gasteiger partial charge >= 0.3 is 6.03 Å². The van der Waals surface area contributed by atoms with Crippen molar-refractivity contribution in [3.63, 3.8) is 0 Å². The Hall–Kier alpha value is -2.57. The zero-order valence-corrected chi connectivity index (χ0v) is 13.7. The maximum absolute atomic E-state index is 12.0. The first-order valence-electron chi connectivity index (χ1n) is 8.27. The van der Waals surface area contributed by atoms with E-state index < -0.39 is 18.0 Å². The molecule has 0 spiro atoms. The molecule has 1 atom stereocenters. The number of urea groups is 1. The van der Waals surface area contributed by atoms with Crippen molar-refractivity contribution >= 4 is 29.2 Å². The number of anilines is 2. The second-order valence-corrected chi connectivity index (χ2v) is 6.48. The number of benzene rings is 1. The summed E-state index contributed by atoms with van der Waals surface area (Å²) in [7, 11) is 0. The van der Waals surface area contributed by atoms with Gasteiger partial charge in [0.15, 0.2) is 0 Å². The highest BCUT2D eigenvalue weighted by molar-refractivity contribution is 6.06. The molecule has 2 aliphatic rings. The predicted octanol–water partition coefficient (Wildman–Crippen LogP) is 1.46. The number of nitrogens with one attached hydrogen (secondary N) is 3. The van der Waals surface area contributed by atoms with Crippen LogP contribution in [0, 0.1) is 5.92 Å². The van der Waals surface area contributed by atoms with Gasteiger partial charge < -0.3 is 15.5 Å². The van der Waals surface area contributed by atoms with Crippen LogP contribution in [0.1, 0.15) is 26.2 Å². The van der Waals surface area contributed by atoms with Gasteiger partial charge in [0.25, 0.3) is 5.91 Å². The zero-order chi connectivity index (χ0) is 17.1. The molecule has 4 amide bonds. The van der Waals surface area contributed by atoms with E-state index in [-0.39, 0.29) is 12.3 Å². The van der Waals surface area contributed by atoms with Crippen molar-refractivity contribution in [2.75, 3.05) is 23.3 Å². The van der Waals surface area contributed by atoms with Gasteiger partial charge in [0.2, 0.25) is 5.91 Å². The van der Waals surface area contributed by atoms with Crippen LogP contribution in [0.25, 0.3) is 0 Å². The monoisotopic (exact) mass is 330 g/mol. The molecule has 1 unspecified atom stereocenters. The second-order valence-electron chi connectivity index (χ2n) is 6.48. The number of rotatable bonds is 4. The molecule has 128 valence electrons. The highest BCUT2D eigenvalue weighted by Gasteiger charge is 2.31. The van der Waals surface area contributed by atoms with Gasteiger partial charge in [-0.1, -0.05) is 6.92 Å². The molecule has 7 heteroatoms. The molecule has 3 rings (SSSR count). The Morgan fingerprint density at radius 3 is 2.46 bits per heavy atom. The molecule has 0 radical (unpaired) electrons. The molecule has 1 aromatic carbocycles. The molecule has 0 aliphatic carbocycles. The predicted molar refractivity (Wildman–Crippen MR) is 90.8 cm³/mol. The van der Waals surface area contributed by atoms with E-state index in [1.54, 1.807) is 0 Å². The van der Waals surface area contributed by atoms with Crippen LogP contribution in [0.15, 0.2) is 24.3 Å². The number of carbonyl (C=O) groups excluding carboxylic acids is 3. The van der Waals surface area contributed by atoms with Crippen molar-refractivity contribution in [3.05, 3.63) is 24.3 Å². The fourth-order valence-corrected chi connectivity index (χ4v) is 3.02. The lowest BCUT2D eigenvalue weighted by Gasteiger charge is -2.32. The first-order valence-corrected chi connectivity index (χ1v) is 8.27. The van der Waals surface area contributed by atoms with Gasteiger partial charge in [-0.3, -0.25) is 14.9 Å². The lowest BCUT2D eigenvalue weighted by Crippen LogP contribution is -2.33. The number of nitrogens with zero attached hydrogens (tertiary/aromatic N) is 1. The average molecular weight is 330 g/mol. The third-order valence-corrected chi connectivity index (χ3v) is 4.55. The molecule has 0 saturated carbocycles. The Labute approximate surface area is 140 Å². The van der Waals surface area contributed by atoms with Gasteiger partial charge in [0.1, 0.15) is 6.04 Å². The van der Waals surface area contributed by atoms with E-state index in [1.807, 2.05) is 24.3 Å². The smallest absolute Gasteiger partial charge is 0.322 e. The van der Waals surface area contributed by atoms with Gasteiger partial charge in [-0.15, -0.1) is 0 Å². The lowest BCUT2D eigenvalue weighted by molar-refractivity contribution is -0.124. The van der Waals surface area contributed by atoms with Crippen molar-refractivity contribution in [2.45, 2.75) is 32.2 Å². The summed E-state index contributed by atoms with van der Waals surface area (Å²) >= 11 is 0. The Bertz CT molecular complexity index is 636. The summed E-state index contributed by atoms with van der Waals surface area (Å²) in [6, 6.07) is 6.35. The van der Waals surface area contributed by atoms with E-state index in [9.17, 15) is 14.4 Å². The zero-order valence-electron chi connectivity index (χ0n) is 13.7. The van der Waals surface area contributed by atoms with Crippen LogP contribution >= 0.6 is 0 Å². The third kappa shape index (κ3) is 3.84. The van der Waals surface area contributed by atoms with Crippen molar-refractivity contribution in [3.8, 4) is 0 Å². The Morgan fingerprint density at radius 1 is 1.21 bits per heavy atom. The number of amides is 4. The summed E-state index contributed by atoms with van der Waals surface area (Å²) in [6.07, 6.45) is 2.32. The molecule has 2 saturated heterocycles. The minimum Gasteiger partial charge on any atom is -0.372 e. The quantitative estimate of drug-likeness (QED) is 0.729. The van der Waals surface area contributed by atoms with Crippen molar-refractivity contribution in [2.24, 2.45) is 5.92 Å². The van der Waals surface area contributed by atoms with Crippen LogP contribution in [0.2, 0.25) is 0 Å². The maximum atomic E-state index is 12.0. The summed E-state index contributed by atoms with van der Waals surface area (Å²) in [5, 5.41) is 7.27. The standard InChI is InChI=1S/C17H22N4O3/c1-11-6-8-21(9-7-11)13-4-2-12(3-5-13)18-15(22)10-14-16(23)20-17(24)19-14/h2-5,11,14H,6-10H2,1H3,(H,18,22)(H2,19,20,23,24). The summed E-state index contributed by atoms with van der Waals surface area (Å²) in [4.78, 5) is 36.8. The number of imide groups is 1. The third-order valence-electron chi connectivity index (χ3n) is 4.55. The molecule has 3 N–H and O–H groups in total. The van der Waals surface area contributed by atoms with Crippen molar-refractivity contribution < 1.29 is 14.4 Å². The largest absolute Gasteiger partial charge is 0.372 e. The molecular weight excluding hydrogens is 308 g/mol. The molecule has 24 heavy (non-hydrogen) atoms. The Morgan fingerprint density at radius 2 is 1.88 bits per heavy atom. The number of hydrogen-bond donors (Lipinski definition) is 3. The first kappa shape index (κ1) is 16.3. The van der Waals surface area contributed by atoms with E-state index in [1.165, 1.54) is 12.8 Å². The van der Waals surface area contributed by atoms with Gasteiger partial charge in [0, 0.05) is 24.5 Å². The molecule has 0 aromatic heterocycles. The molecule has 7 nitrogen and oxygen atoms in total. The number of carbonyl (C=O) groups is 3. The van der Waals surface area contributed by atoms with E-state index in [2.05, 4.69) is 27.8 Å². The summed E-state index contributed by atoms with van der Waals surface area (Å²) in [5.41, 5.74) is 1.83. The summed E-state index contributed by atoms with van der Waals surface area (Å²) in [6.45, 7) is 4.40. The fourth-order valence-electron chi connectivity index (χ4n) is 3.02. The Balaban J connectivity index is 1.53. The van der Waals surface area contributed by atoms with E-state index in [0.29, 0.717) is 5.69 Å². The van der Waals surface area contributed by atoms with Crippen molar-refractivity contribution in [1.82, 2.24) is 10.6 Å². The van der Waals surface area contributed by atoms with Gasteiger partial charge in [0.05, 0.1) is 6.42 Å². The second kappa shape index (κ2) is 6.90. The molecule has 0 bridgehead atoms. The van der Waals surface area contributed by atoms with E-state index in [4.69, 9.17) is 0 Å². The summed E-state index contributed by atoms with van der Waals surface area (Å²) in [5.74, 6) is 0.00909. The van der Waals surface area contributed by atoms with Gasteiger partial charge in [-0.05, 0) is 43.0 Å². The van der Waals surface area contributed by atoms with E-state index >= 15 is 0 Å². The van der Waals surface area contributed by atoms with Gasteiger partial charge in [-0.2, -0.15) is 0 Å². The average Bonchev–Trinajstić information content (AvgIpc) is 2.86. The van der Waals surface area contributed by atoms with Crippen LogP contribution < -0.4 is 20.9 Å². The molecule has 2 aliphatic heterocycles. The minimum absolute atomic E-state index is 0.0800. The molecular formula is C17H22N4O3. The Kier molecular flexibility index (Phi) is 4.69. The van der Waals surface area contributed by atoms with Crippen molar-refractivity contribution in [1.29, 1.82) is 0 Å². The molecule has 2 fully saturated rings. The first-order chi connectivity index (χ1) is 11.5. The lowest BCUT2D eigenvalue weighted by atomic mass is 9.99. The van der Waals surface area contributed by atoms with Crippen LogP contribution in [0.4, 0.5) is 16.2 Å². The van der Waals surface area contributed by atoms with Crippen LogP contribution in [-0.4, -0.2) is 37.0 Å². The van der Waals surface area contributed by atoms with Crippen LogP contribution in [0.3, 0.4) is 0 Å². The number of piperidine rings is 1. The SMILES string of the molecule is CC1CCN(c2ccc(NC(=O)CC3NC(=O)NC3=O)cc2)CC1. The molecule has 1 aromatic rings. The van der Waals surface area contributed by atoms with Gasteiger partial charge in [-0.25, -0.2) is 4.79 Å². The minimum atomic E-state index is -0.799.